The highest BCUT2D eigenvalue weighted by molar-refractivity contribution is 5.27. The van der Waals surface area contributed by atoms with E-state index in [2.05, 4.69) is 0 Å². The summed E-state index contributed by atoms with van der Waals surface area (Å²) in [6.45, 7) is 1.77. The Kier molecular flexibility index (Phi) is 4.91. The van der Waals surface area contributed by atoms with Crippen molar-refractivity contribution in [2.45, 2.75) is 51.3 Å². The summed E-state index contributed by atoms with van der Waals surface area (Å²) < 4.78 is 50.9. The van der Waals surface area contributed by atoms with Crippen LogP contribution >= 0.6 is 0 Å². The van der Waals surface area contributed by atoms with Crippen LogP contribution in [0.1, 0.15) is 36.8 Å². The van der Waals surface area contributed by atoms with Gasteiger partial charge >= 0.3 is 6.18 Å². The minimum Gasteiger partial charge on any atom is -0.392 e. The molecule has 0 heterocycles. The number of hydrogen-bond donors (Lipinski definition) is 1. The third-order valence-electron chi connectivity index (χ3n) is 4.51. The Hall–Kier alpha value is -1.10. The Morgan fingerprint density at radius 3 is 2.33 bits per heavy atom. The maximum atomic E-state index is 13.0. The highest BCUT2D eigenvalue weighted by atomic mass is 19.4. The van der Waals surface area contributed by atoms with Gasteiger partial charge in [-0.1, -0.05) is 6.07 Å². The first-order valence-corrected chi connectivity index (χ1v) is 7.27. The van der Waals surface area contributed by atoms with E-state index in [-0.39, 0.29) is 24.6 Å². The number of aliphatic hydroxyl groups excluding tert-OH is 1. The van der Waals surface area contributed by atoms with Crippen LogP contribution in [0, 0.1) is 24.6 Å². The molecule has 0 amide bonds. The van der Waals surface area contributed by atoms with Gasteiger partial charge in [0.05, 0.1) is 12.0 Å². The molecule has 1 fully saturated rings. The Morgan fingerprint density at radius 2 is 1.81 bits per heavy atom. The molecule has 0 bridgehead atoms. The Bertz CT molecular complexity index is 476. The molecular formula is C16H20F4O. The normalized spacial score (nSPS) is 24.9. The van der Waals surface area contributed by atoms with Gasteiger partial charge in [0, 0.05) is 0 Å². The van der Waals surface area contributed by atoms with E-state index in [1.165, 1.54) is 12.1 Å². The minimum atomic E-state index is -4.12. The van der Waals surface area contributed by atoms with Gasteiger partial charge in [0.15, 0.2) is 0 Å². The van der Waals surface area contributed by atoms with Crippen molar-refractivity contribution in [2.75, 3.05) is 0 Å². The molecule has 1 N–H and O–H groups in total. The summed E-state index contributed by atoms with van der Waals surface area (Å²) in [6, 6.07) is 4.38. The zero-order valence-electron chi connectivity index (χ0n) is 12.0. The number of hydrogen-bond acceptors (Lipinski definition) is 1. The second-order valence-corrected chi connectivity index (χ2v) is 6.00. The fourth-order valence-electron chi connectivity index (χ4n) is 3.11. The van der Waals surface area contributed by atoms with Crippen molar-refractivity contribution in [3.63, 3.8) is 0 Å². The lowest BCUT2D eigenvalue weighted by Gasteiger charge is -2.32. The summed E-state index contributed by atoms with van der Waals surface area (Å²) in [4.78, 5) is 0. The smallest absolute Gasteiger partial charge is 0.391 e. The van der Waals surface area contributed by atoms with E-state index in [1.54, 1.807) is 13.0 Å². The zero-order valence-corrected chi connectivity index (χ0v) is 12.0. The molecule has 2 rings (SSSR count). The van der Waals surface area contributed by atoms with Gasteiger partial charge in [-0.3, -0.25) is 0 Å². The maximum Gasteiger partial charge on any atom is 0.391 e. The number of aliphatic hydroxyl groups is 1. The molecule has 1 atom stereocenters. The van der Waals surface area contributed by atoms with E-state index in [9.17, 15) is 22.7 Å². The van der Waals surface area contributed by atoms with E-state index in [0.717, 1.165) is 11.1 Å². The van der Waals surface area contributed by atoms with Crippen molar-refractivity contribution >= 4 is 0 Å². The van der Waals surface area contributed by atoms with Crippen molar-refractivity contribution in [1.82, 2.24) is 0 Å². The molecule has 118 valence electrons. The lowest BCUT2D eigenvalue weighted by Crippen LogP contribution is -2.32. The van der Waals surface area contributed by atoms with Gasteiger partial charge in [-0.25, -0.2) is 4.39 Å². The highest BCUT2D eigenvalue weighted by Gasteiger charge is 2.42. The summed E-state index contributed by atoms with van der Waals surface area (Å²) in [7, 11) is 0. The van der Waals surface area contributed by atoms with Gasteiger partial charge in [-0.2, -0.15) is 13.2 Å². The van der Waals surface area contributed by atoms with Crippen molar-refractivity contribution < 1.29 is 22.7 Å². The molecule has 21 heavy (non-hydrogen) atoms. The van der Waals surface area contributed by atoms with Gasteiger partial charge < -0.3 is 5.11 Å². The second-order valence-electron chi connectivity index (χ2n) is 6.00. The topological polar surface area (TPSA) is 20.2 Å². The van der Waals surface area contributed by atoms with Crippen LogP contribution in [0.15, 0.2) is 18.2 Å². The fraction of sp³-hybridized carbons (Fsp3) is 0.625. The Labute approximate surface area is 122 Å². The van der Waals surface area contributed by atoms with Crippen LogP contribution in [-0.2, 0) is 6.42 Å². The molecule has 5 heteroatoms. The van der Waals surface area contributed by atoms with Crippen molar-refractivity contribution in [3.05, 3.63) is 35.1 Å². The molecule has 1 aliphatic rings. The summed E-state index contributed by atoms with van der Waals surface area (Å²) in [5, 5.41) is 10.2. The van der Waals surface area contributed by atoms with Crippen LogP contribution in [-0.4, -0.2) is 17.4 Å². The average molecular weight is 304 g/mol. The van der Waals surface area contributed by atoms with E-state index >= 15 is 0 Å². The van der Waals surface area contributed by atoms with Crippen LogP contribution in [0.2, 0.25) is 0 Å². The number of aryl methyl sites for hydroxylation is 1. The minimum absolute atomic E-state index is 0.0909. The Morgan fingerprint density at radius 1 is 1.19 bits per heavy atom. The standard InChI is InChI=1S/C16H20F4O/c1-10-8-14(17)7-4-12(10)9-15(21)11-2-5-13(6-3-11)16(18,19)20/h4,7-8,11,13,15,21H,2-3,5-6,9H2,1H3. The largest absolute Gasteiger partial charge is 0.392 e. The van der Waals surface area contributed by atoms with Crippen LogP contribution in [0.4, 0.5) is 17.6 Å². The molecular weight excluding hydrogens is 284 g/mol. The summed E-state index contributed by atoms with van der Waals surface area (Å²) in [6.07, 6.45) is -3.45. The van der Waals surface area contributed by atoms with Gasteiger partial charge in [0.25, 0.3) is 0 Å². The average Bonchev–Trinajstić information content (AvgIpc) is 2.41. The first-order valence-electron chi connectivity index (χ1n) is 7.27. The molecule has 1 unspecified atom stereocenters. The van der Waals surface area contributed by atoms with E-state index in [1.807, 2.05) is 0 Å². The molecule has 0 aliphatic heterocycles. The van der Waals surface area contributed by atoms with E-state index in [4.69, 9.17) is 0 Å². The molecule has 0 radical (unpaired) electrons. The summed E-state index contributed by atoms with van der Waals surface area (Å²) in [5.74, 6) is -1.65. The maximum absolute atomic E-state index is 13.0. The van der Waals surface area contributed by atoms with Crippen LogP contribution in [0.5, 0.6) is 0 Å². The number of alkyl halides is 3. The molecule has 0 aromatic heterocycles. The number of rotatable bonds is 3. The lowest BCUT2D eigenvalue weighted by molar-refractivity contribution is -0.185. The van der Waals surface area contributed by atoms with Crippen molar-refractivity contribution in [2.24, 2.45) is 11.8 Å². The molecule has 1 saturated carbocycles. The first kappa shape index (κ1) is 16.3. The van der Waals surface area contributed by atoms with E-state index < -0.39 is 18.2 Å². The van der Waals surface area contributed by atoms with Gasteiger partial charge in [0.2, 0.25) is 0 Å². The van der Waals surface area contributed by atoms with Crippen LogP contribution in [0.3, 0.4) is 0 Å². The fourth-order valence-corrected chi connectivity index (χ4v) is 3.11. The molecule has 1 aliphatic carbocycles. The van der Waals surface area contributed by atoms with Gasteiger partial charge in [0.1, 0.15) is 5.82 Å². The SMILES string of the molecule is Cc1cc(F)ccc1CC(O)C1CCC(C(F)(F)F)CC1. The highest BCUT2D eigenvalue weighted by Crippen LogP contribution is 2.40. The second kappa shape index (κ2) is 6.34. The third kappa shape index (κ3) is 4.19. The van der Waals surface area contributed by atoms with Crippen molar-refractivity contribution in [3.8, 4) is 0 Å². The number of halogens is 4. The monoisotopic (exact) mass is 304 g/mol. The molecule has 1 nitrogen and oxygen atoms in total. The van der Waals surface area contributed by atoms with Crippen LogP contribution < -0.4 is 0 Å². The summed E-state index contributed by atoms with van der Waals surface area (Å²) in [5.41, 5.74) is 1.61. The van der Waals surface area contributed by atoms with Gasteiger partial charge in [-0.15, -0.1) is 0 Å². The van der Waals surface area contributed by atoms with Crippen molar-refractivity contribution in [1.29, 1.82) is 0 Å². The molecule has 0 spiro atoms. The Balaban J connectivity index is 1.92. The van der Waals surface area contributed by atoms with Crippen LogP contribution in [0.25, 0.3) is 0 Å². The molecule has 1 aromatic carbocycles. The van der Waals surface area contributed by atoms with E-state index in [0.29, 0.717) is 19.3 Å². The third-order valence-corrected chi connectivity index (χ3v) is 4.51. The predicted octanol–water partition coefficient (Wildman–Crippen LogP) is 4.41. The lowest BCUT2D eigenvalue weighted by atomic mass is 9.77. The predicted molar refractivity (Wildman–Crippen MR) is 72.4 cm³/mol. The quantitative estimate of drug-likeness (QED) is 0.820. The molecule has 0 saturated heterocycles. The molecule has 1 aromatic rings. The van der Waals surface area contributed by atoms with Gasteiger partial charge in [-0.05, 0) is 68.2 Å². The summed E-state index contributed by atoms with van der Waals surface area (Å²) >= 11 is 0. The number of benzene rings is 1. The first-order chi connectivity index (χ1) is 9.77. The zero-order chi connectivity index (χ0) is 15.6.